The van der Waals surface area contributed by atoms with Crippen molar-refractivity contribution in [2.24, 2.45) is 0 Å². The summed E-state index contributed by atoms with van der Waals surface area (Å²) >= 11 is 1.29. The molecule has 1 N–H and O–H groups in total. The molecule has 0 saturated heterocycles. The second-order valence-corrected chi connectivity index (χ2v) is 9.93. The fourth-order valence-electron chi connectivity index (χ4n) is 2.82. The molecule has 1 amide bonds. The Labute approximate surface area is 168 Å². The first-order chi connectivity index (χ1) is 13.2. The first kappa shape index (κ1) is 20.5. The number of thiophene rings is 1. The Morgan fingerprint density at radius 1 is 1.18 bits per heavy atom. The second kappa shape index (κ2) is 7.65. The number of amides is 1. The molecule has 1 fully saturated rings. The summed E-state index contributed by atoms with van der Waals surface area (Å²) in [4.78, 5) is 25.7. The molecule has 7 nitrogen and oxygen atoms in total. The molecule has 1 saturated carbocycles. The lowest BCUT2D eigenvalue weighted by molar-refractivity contribution is 0.0601. The van der Waals surface area contributed by atoms with Gasteiger partial charge in [0.1, 0.15) is 5.00 Å². The molecule has 1 aromatic heterocycles. The maximum atomic E-state index is 12.6. The van der Waals surface area contributed by atoms with Crippen LogP contribution >= 0.6 is 11.3 Å². The molecule has 1 heterocycles. The molecule has 1 aliphatic rings. The lowest BCUT2D eigenvalue weighted by Crippen LogP contribution is -2.29. The molecule has 2 aromatic rings. The van der Waals surface area contributed by atoms with Gasteiger partial charge in [-0.2, -0.15) is 4.31 Å². The van der Waals surface area contributed by atoms with Gasteiger partial charge >= 0.3 is 5.97 Å². The summed E-state index contributed by atoms with van der Waals surface area (Å²) in [5.41, 5.74) is 1.40. The molecule has 150 valence electrons. The summed E-state index contributed by atoms with van der Waals surface area (Å²) in [5.74, 6) is -0.937. The highest BCUT2D eigenvalue weighted by molar-refractivity contribution is 7.89. The number of aryl methyl sites for hydroxylation is 1. The van der Waals surface area contributed by atoms with Crippen LogP contribution in [0.5, 0.6) is 0 Å². The number of rotatable bonds is 6. The largest absolute Gasteiger partial charge is 0.465 e. The van der Waals surface area contributed by atoms with E-state index in [2.05, 4.69) is 5.32 Å². The topological polar surface area (TPSA) is 92.8 Å². The third-order valence-electron chi connectivity index (χ3n) is 4.86. The van der Waals surface area contributed by atoms with Gasteiger partial charge in [-0.1, -0.05) is 0 Å². The van der Waals surface area contributed by atoms with Gasteiger partial charge in [0, 0.05) is 23.5 Å². The summed E-state index contributed by atoms with van der Waals surface area (Å²) in [7, 11) is -0.696. The Kier molecular flexibility index (Phi) is 5.60. The van der Waals surface area contributed by atoms with Crippen molar-refractivity contribution < 1.29 is 22.7 Å². The number of ether oxygens (including phenoxy) is 1. The van der Waals surface area contributed by atoms with E-state index in [1.165, 1.54) is 47.0 Å². The van der Waals surface area contributed by atoms with Gasteiger partial charge in [-0.25, -0.2) is 13.2 Å². The summed E-state index contributed by atoms with van der Waals surface area (Å²) in [6, 6.07) is 5.85. The normalized spacial score (nSPS) is 14.2. The predicted octanol–water partition coefficient (Wildman–Crippen LogP) is 3.19. The fourth-order valence-corrected chi connectivity index (χ4v) is 5.28. The van der Waals surface area contributed by atoms with Crippen molar-refractivity contribution in [2.75, 3.05) is 19.5 Å². The molecular formula is C19H22N2O5S2. The van der Waals surface area contributed by atoms with E-state index in [1.807, 2.05) is 6.92 Å². The third-order valence-corrected chi connectivity index (χ3v) is 7.90. The third kappa shape index (κ3) is 3.82. The number of anilines is 1. The van der Waals surface area contributed by atoms with Crippen molar-refractivity contribution >= 4 is 38.2 Å². The van der Waals surface area contributed by atoms with Gasteiger partial charge in [0.15, 0.2) is 0 Å². The average Bonchev–Trinajstić information content (AvgIpc) is 3.48. The first-order valence-electron chi connectivity index (χ1n) is 8.74. The molecular weight excluding hydrogens is 400 g/mol. The highest BCUT2D eigenvalue weighted by Gasteiger charge is 2.35. The number of hydrogen-bond donors (Lipinski definition) is 1. The van der Waals surface area contributed by atoms with E-state index in [0.717, 1.165) is 23.3 Å². The highest BCUT2D eigenvalue weighted by Crippen LogP contribution is 2.33. The van der Waals surface area contributed by atoms with Gasteiger partial charge in [-0.05, 0) is 56.5 Å². The SMILES string of the molecule is COC(=O)c1c(NC(=O)c2ccc(S(=O)(=O)N(C)C3CC3)cc2)sc(C)c1C. The zero-order valence-electron chi connectivity index (χ0n) is 16.1. The van der Waals surface area contributed by atoms with Crippen molar-refractivity contribution in [3.8, 4) is 0 Å². The number of esters is 1. The van der Waals surface area contributed by atoms with E-state index >= 15 is 0 Å². The van der Waals surface area contributed by atoms with Gasteiger partial charge in [0.25, 0.3) is 5.91 Å². The van der Waals surface area contributed by atoms with Gasteiger partial charge in [0.2, 0.25) is 10.0 Å². The molecule has 0 spiro atoms. The number of sulfonamides is 1. The second-order valence-electron chi connectivity index (χ2n) is 6.71. The van der Waals surface area contributed by atoms with Crippen molar-refractivity contribution in [1.29, 1.82) is 0 Å². The number of hydrogen-bond acceptors (Lipinski definition) is 6. The number of nitrogens with one attached hydrogen (secondary N) is 1. The Morgan fingerprint density at radius 3 is 2.32 bits per heavy atom. The maximum Gasteiger partial charge on any atom is 0.341 e. The van der Waals surface area contributed by atoms with Crippen LogP contribution in [-0.4, -0.2) is 44.8 Å². The van der Waals surface area contributed by atoms with Crippen molar-refractivity contribution in [3.63, 3.8) is 0 Å². The van der Waals surface area contributed by atoms with Crippen LogP contribution in [0.2, 0.25) is 0 Å². The van der Waals surface area contributed by atoms with Crippen LogP contribution in [0.3, 0.4) is 0 Å². The summed E-state index contributed by atoms with van der Waals surface area (Å²) in [5, 5.41) is 3.15. The number of benzene rings is 1. The summed E-state index contributed by atoms with van der Waals surface area (Å²) in [6.45, 7) is 3.65. The Balaban J connectivity index is 1.81. The van der Waals surface area contributed by atoms with Gasteiger partial charge in [-0.15, -0.1) is 11.3 Å². The first-order valence-corrected chi connectivity index (χ1v) is 11.0. The molecule has 0 bridgehead atoms. The molecule has 9 heteroatoms. The van der Waals surface area contributed by atoms with E-state index in [0.29, 0.717) is 16.1 Å². The van der Waals surface area contributed by atoms with Crippen LogP contribution in [0.15, 0.2) is 29.2 Å². The van der Waals surface area contributed by atoms with Gasteiger partial charge in [-0.3, -0.25) is 4.79 Å². The standard InChI is InChI=1S/C19H22N2O5S2/c1-11-12(2)27-18(16(11)19(23)26-4)20-17(22)13-5-9-15(10-6-13)28(24,25)21(3)14-7-8-14/h5-6,9-10,14H,7-8H2,1-4H3,(H,20,22). The number of carbonyl (C=O) groups is 2. The highest BCUT2D eigenvalue weighted by atomic mass is 32.2. The molecule has 28 heavy (non-hydrogen) atoms. The number of nitrogens with zero attached hydrogens (tertiary/aromatic N) is 1. The van der Waals surface area contributed by atoms with E-state index < -0.39 is 21.9 Å². The zero-order chi connectivity index (χ0) is 20.6. The summed E-state index contributed by atoms with van der Waals surface area (Å²) in [6.07, 6.45) is 1.75. The van der Waals surface area contributed by atoms with E-state index in [-0.39, 0.29) is 10.9 Å². The van der Waals surface area contributed by atoms with Crippen molar-refractivity contribution in [2.45, 2.75) is 37.6 Å². The molecule has 0 unspecified atom stereocenters. The number of methoxy groups -OCH3 is 1. The van der Waals surface area contributed by atoms with Crippen LogP contribution in [0, 0.1) is 13.8 Å². The molecule has 0 radical (unpaired) electrons. The van der Waals surface area contributed by atoms with E-state index in [4.69, 9.17) is 4.74 Å². The van der Waals surface area contributed by atoms with Crippen LogP contribution < -0.4 is 5.32 Å². The molecule has 3 rings (SSSR count). The van der Waals surface area contributed by atoms with Crippen LogP contribution in [0.4, 0.5) is 5.00 Å². The Morgan fingerprint density at radius 2 is 1.79 bits per heavy atom. The Bertz CT molecular complexity index is 1020. The molecule has 0 atom stereocenters. The molecule has 1 aromatic carbocycles. The minimum atomic E-state index is -3.56. The number of carbonyl (C=O) groups excluding carboxylic acids is 2. The minimum Gasteiger partial charge on any atom is -0.465 e. The molecule has 0 aliphatic heterocycles. The van der Waals surface area contributed by atoms with Crippen LogP contribution in [0.1, 0.15) is 44.0 Å². The lowest BCUT2D eigenvalue weighted by atomic mass is 10.1. The van der Waals surface area contributed by atoms with Gasteiger partial charge < -0.3 is 10.1 Å². The van der Waals surface area contributed by atoms with Gasteiger partial charge in [0.05, 0.1) is 17.6 Å². The average molecular weight is 423 g/mol. The predicted molar refractivity (Wildman–Crippen MR) is 107 cm³/mol. The summed E-state index contributed by atoms with van der Waals surface area (Å²) < 4.78 is 31.3. The minimum absolute atomic E-state index is 0.0648. The van der Waals surface area contributed by atoms with Crippen molar-refractivity contribution in [1.82, 2.24) is 4.31 Å². The lowest BCUT2D eigenvalue weighted by Gasteiger charge is -2.16. The monoisotopic (exact) mass is 422 g/mol. The Hall–Kier alpha value is -2.23. The zero-order valence-corrected chi connectivity index (χ0v) is 17.7. The smallest absolute Gasteiger partial charge is 0.341 e. The quantitative estimate of drug-likeness (QED) is 0.722. The molecule has 1 aliphatic carbocycles. The van der Waals surface area contributed by atoms with Crippen molar-refractivity contribution in [3.05, 3.63) is 45.8 Å². The van der Waals surface area contributed by atoms with Crippen LogP contribution in [-0.2, 0) is 14.8 Å². The fraction of sp³-hybridized carbons (Fsp3) is 0.368. The van der Waals surface area contributed by atoms with Crippen LogP contribution in [0.25, 0.3) is 0 Å². The van der Waals surface area contributed by atoms with E-state index in [9.17, 15) is 18.0 Å². The maximum absolute atomic E-state index is 12.6. The van der Waals surface area contributed by atoms with E-state index in [1.54, 1.807) is 14.0 Å².